The molecule has 1 aromatic carbocycles. The van der Waals surface area contributed by atoms with Crippen molar-refractivity contribution in [3.63, 3.8) is 0 Å². The third kappa shape index (κ3) is 5.25. The normalized spacial score (nSPS) is 9.61. The lowest BCUT2D eigenvalue weighted by atomic mass is 10.1. The molecule has 18 heavy (non-hydrogen) atoms. The van der Waals surface area contributed by atoms with E-state index in [9.17, 15) is 14.0 Å². The quantitative estimate of drug-likeness (QED) is 0.733. The third-order valence-corrected chi connectivity index (χ3v) is 2.17. The van der Waals surface area contributed by atoms with Gasteiger partial charge in [-0.2, -0.15) is 0 Å². The summed E-state index contributed by atoms with van der Waals surface area (Å²) < 4.78 is 12.6. The lowest BCUT2D eigenvalue weighted by Gasteiger charge is -2.05. The molecule has 5 heteroatoms. The van der Waals surface area contributed by atoms with Crippen molar-refractivity contribution in [1.82, 2.24) is 10.6 Å². The maximum atomic E-state index is 12.6. The first kappa shape index (κ1) is 13.9. The second-order valence-corrected chi connectivity index (χ2v) is 3.67. The molecule has 96 valence electrons. The van der Waals surface area contributed by atoms with E-state index in [1.807, 2.05) is 0 Å². The van der Waals surface area contributed by atoms with Gasteiger partial charge in [-0.3, -0.25) is 9.59 Å². The molecule has 1 rings (SSSR count). The summed E-state index contributed by atoms with van der Waals surface area (Å²) in [6.45, 7) is 3.75. The molecule has 0 aliphatic heterocycles. The summed E-state index contributed by atoms with van der Waals surface area (Å²) >= 11 is 0. The molecule has 0 atom stereocenters. The van der Waals surface area contributed by atoms with Gasteiger partial charge < -0.3 is 10.6 Å². The van der Waals surface area contributed by atoms with Gasteiger partial charge in [-0.15, -0.1) is 6.58 Å². The number of nitrogens with one attached hydrogen (secondary N) is 2. The molecule has 4 nitrogen and oxygen atoms in total. The van der Waals surface area contributed by atoms with Gasteiger partial charge >= 0.3 is 0 Å². The van der Waals surface area contributed by atoms with Gasteiger partial charge in [-0.05, 0) is 17.7 Å². The largest absolute Gasteiger partial charge is 0.351 e. The minimum Gasteiger partial charge on any atom is -0.351 e. The van der Waals surface area contributed by atoms with Crippen molar-refractivity contribution in [2.75, 3.05) is 13.1 Å². The van der Waals surface area contributed by atoms with E-state index >= 15 is 0 Å². The molecule has 0 radical (unpaired) electrons. The van der Waals surface area contributed by atoms with Crippen LogP contribution < -0.4 is 10.6 Å². The molecule has 0 unspecified atom stereocenters. The van der Waals surface area contributed by atoms with Crippen LogP contribution in [0.4, 0.5) is 4.39 Å². The summed E-state index contributed by atoms with van der Waals surface area (Å²) in [5.41, 5.74) is 0.695. The molecular weight excluding hydrogens is 235 g/mol. The third-order valence-electron chi connectivity index (χ3n) is 2.17. The zero-order valence-electron chi connectivity index (χ0n) is 9.91. The highest BCUT2D eigenvalue weighted by atomic mass is 19.1. The molecule has 0 fully saturated rings. The summed E-state index contributed by atoms with van der Waals surface area (Å²) in [4.78, 5) is 22.7. The first-order chi connectivity index (χ1) is 8.61. The summed E-state index contributed by atoms with van der Waals surface area (Å²) in [6.07, 6.45) is 1.67. The van der Waals surface area contributed by atoms with E-state index in [0.717, 1.165) is 0 Å². The Labute approximate surface area is 105 Å². The highest BCUT2D eigenvalue weighted by Crippen LogP contribution is 2.03. The average Bonchev–Trinajstić information content (AvgIpc) is 2.36. The van der Waals surface area contributed by atoms with Crippen molar-refractivity contribution in [3.05, 3.63) is 48.3 Å². The lowest BCUT2D eigenvalue weighted by molar-refractivity contribution is -0.125. The second kappa shape index (κ2) is 7.21. The van der Waals surface area contributed by atoms with E-state index < -0.39 is 0 Å². The van der Waals surface area contributed by atoms with Crippen LogP contribution in [0.2, 0.25) is 0 Å². The van der Waals surface area contributed by atoms with E-state index in [4.69, 9.17) is 0 Å². The average molecular weight is 250 g/mol. The Bertz CT molecular complexity index is 429. The minimum atomic E-state index is -0.344. The summed E-state index contributed by atoms with van der Waals surface area (Å²) in [5.74, 6) is -0.902. The summed E-state index contributed by atoms with van der Waals surface area (Å²) in [6, 6.07) is 5.65. The Morgan fingerprint density at radius 3 is 2.44 bits per heavy atom. The molecular formula is C13H15FN2O2. The zero-order chi connectivity index (χ0) is 13.4. The van der Waals surface area contributed by atoms with Crippen LogP contribution >= 0.6 is 0 Å². The summed E-state index contributed by atoms with van der Waals surface area (Å²) in [7, 11) is 0. The number of hydrogen-bond acceptors (Lipinski definition) is 2. The maximum Gasteiger partial charge on any atom is 0.239 e. The first-order valence-electron chi connectivity index (χ1n) is 5.50. The molecule has 0 bridgehead atoms. The number of halogens is 1. The van der Waals surface area contributed by atoms with E-state index in [2.05, 4.69) is 17.2 Å². The van der Waals surface area contributed by atoms with Gasteiger partial charge in [0.15, 0.2) is 0 Å². The topological polar surface area (TPSA) is 58.2 Å². The number of amides is 2. The SMILES string of the molecule is C=CCNC(=O)CNC(=O)Cc1ccc(F)cc1. The standard InChI is InChI=1S/C13H15FN2O2/c1-2-7-15-13(18)9-16-12(17)8-10-3-5-11(14)6-4-10/h2-6H,1,7-9H2,(H,15,18)(H,16,17). The zero-order valence-corrected chi connectivity index (χ0v) is 9.91. The van der Waals surface area contributed by atoms with E-state index in [1.54, 1.807) is 6.08 Å². The van der Waals surface area contributed by atoms with Crippen molar-refractivity contribution in [3.8, 4) is 0 Å². The van der Waals surface area contributed by atoms with Crippen molar-refractivity contribution >= 4 is 11.8 Å². The van der Waals surface area contributed by atoms with Crippen LogP contribution in [0.25, 0.3) is 0 Å². The lowest BCUT2D eigenvalue weighted by Crippen LogP contribution is -2.37. The van der Waals surface area contributed by atoms with Crippen LogP contribution in [0.1, 0.15) is 5.56 Å². The van der Waals surface area contributed by atoms with Crippen LogP contribution in [-0.2, 0) is 16.0 Å². The van der Waals surface area contributed by atoms with Crippen molar-refractivity contribution in [2.45, 2.75) is 6.42 Å². The fourth-order valence-electron chi connectivity index (χ4n) is 1.28. The molecule has 0 spiro atoms. The summed E-state index contributed by atoms with van der Waals surface area (Å²) in [5, 5.41) is 5.01. The van der Waals surface area contributed by atoms with Crippen molar-refractivity contribution in [2.24, 2.45) is 0 Å². The minimum absolute atomic E-state index is 0.0755. The Kier molecular flexibility index (Phi) is 5.57. The molecule has 0 aliphatic carbocycles. The molecule has 1 aromatic rings. The predicted molar refractivity (Wildman–Crippen MR) is 66.3 cm³/mol. The highest BCUT2D eigenvalue weighted by molar-refractivity contribution is 5.85. The van der Waals surface area contributed by atoms with E-state index in [0.29, 0.717) is 12.1 Å². The van der Waals surface area contributed by atoms with E-state index in [1.165, 1.54) is 24.3 Å². The Hall–Kier alpha value is -2.17. The number of hydrogen-bond donors (Lipinski definition) is 2. The van der Waals surface area contributed by atoms with Crippen LogP contribution in [0, 0.1) is 5.82 Å². The fraction of sp³-hybridized carbons (Fsp3) is 0.231. The number of benzene rings is 1. The molecule has 2 N–H and O–H groups in total. The first-order valence-corrected chi connectivity index (χ1v) is 5.50. The molecule has 0 aliphatic rings. The van der Waals surface area contributed by atoms with Gasteiger partial charge in [0.25, 0.3) is 0 Å². The molecule has 0 aromatic heterocycles. The molecule has 0 heterocycles. The van der Waals surface area contributed by atoms with Gasteiger partial charge in [0.05, 0.1) is 13.0 Å². The van der Waals surface area contributed by atoms with Gasteiger partial charge in [0.1, 0.15) is 5.82 Å². The van der Waals surface area contributed by atoms with Crippen molar-refractivity contribution < 1.29 is 14.0 Å². The molecule has 0 saturated carbocycles. The Balaban J connectivity index is 2.31. The van der Waals surface area contributed by atoms with Crippen LogP contribution in [0.15, 0.2) is 36.9 Å². The number of carbonyl (C=O) groups excluding carboxylic acids is 2. The fourth-order valence-corrected chi connectivity index (χ4v) is 1.28. The van der Waals surface area contributed by atoms with Gasteiger partial charge in [0.2, 0.25) is 11.8 Å². The van der Waals surface area contributed by atoms with E-state index in [-0.39, 0.29) is 30.6 Å². The molecule has 2 amide bonds. The number of carbonyl (C=O) groups is 2. The molecule has 0 saturated heterocycles. The maximum absolute atomic E-state index is 12.6. The van der Waals surface area contributed by atoms with Gasteiger partial charge in [-0.25, -0.2) is 4.39 Å². The van der Waals surface area contributed by atoms with Crippen LogP contribution in [0.3, 0.4) is 0 Å². The monoisotopic (exact) mass is 250 g/mol. The second-order valence-electron chi connectivity index (χ2n) is 3.67. The Morgan fingerprint density at radius 2 is 1.83 bits per heavy atom. The number of rotatable bonds is 6. The van der Waals surface area contributed by atoms with Gasteiger partial charge in [0, 0.05) is 6.54 Å². The Morgan fingerprint density at radius 1 is 1.17 bits per heavy atom. The highest BCUT2D eigenvalue weighted by Gasteiger charge is 2.05. The predicted octanol–water partition coefficient (Wildman–Crippen LogP) is 0.787. The van der Waals surface area contributed by atoms with Crippen LogP contribution in [-0.4, -0.2) is 24.9 Å². The smallest absolute Gasteiger partial charge is 0.239 e. The van der Waals surface area contributed by atoms with Gasteiger partial charge in [-0.1, -0.05) is 18.2 Å². The van der Waals surface area contributed by atoms with Crippen LogP contribution in [0.5, 0.6) is 0 Å². The van der Waals surface area contributed by atoms with Crippen molar-refractivity contribution in [1.29, 1.82) is 0 Å².